The Labute approximate surface area is 136 Å². The van der Waals surface area contributed by atoms with Crippen LogP contribution in [0.1, 0.15) is 28.3 Å². The molecule has 1 unspecified atom stereocenters. The molecule has 0 saturated carbocycles. The Bertz CT molecular complexity index is 742. The van der Waals surface area contributed by atoms with Gasteiger partial charge in [0.2, 0.25) is 6.79 Å². The van der Waals surface area contributed by atoms with Gasteiger partial charge in [-0.25, -0.2) is 0 Å². The molecule has 4 rings (SSSR count). The molecule has 0 fully saturated rings. The van der Waals surface area contributed by atoms with E-state index in [2.05, 4.69) is 36.5 Å². The van der Waals surface area contributed by atoms with Crippen LogP contribution in [0.15, 0.2) is 30.3 Å². The van der Waals surface area contributed by atoms with E-state index in [0.717, 1.165) is 36.6 Å². The molecule has 2 aliphatic rings. The summed E-state index contributed by atoms with van der Waals surface area (Å²) < 4.78 is 16.3. The van der Waals surface area contributed by atoms with Gasteiger partial charge in [0.05, 0.1) is 7.11 Å². The van der Waals surface area contributed by atoms with Gasteiger partial charge in [-0.1, -0.05) is 6.07 Å². The molecule has 0 bridgehead atoms. The van der Waals surface area contributed by atoms with Gasteiger partial charge < -0.3 is 19.5 Å². The van der Waals surface area contributed by atoms with Gasteiger partial charge in [-0.15, -0.1) is 0 Å². The molecular formula is C19H21NO3. The summed E-state index contributed by atoms with van der Waals surface area (Å²) in [6.07, 6.45) is 1.99. The number of hydrogen-bond acceptors (Lipinski definition) is 4. The highest BCUT2D eigenvalue weighted by molar-refractivity contribution is 5.47. The lowest BCUT2D eigenvalue weighted by molar-refractivity contribution is 0.174. The van der Waals surface area contributed by atoms with Crippen molar-refractivity contribution in [3.8, 4) is 17.2 Å². The predicted molar refractivity (Wildman–Crippen MR) is 88.4 cm³/mol. The van der Waals surface area contributed by atoms with Crippen molar-refractivity contribution in [2.75, 3.05) is 20.4 Å². The van der Waals surface area contributed by atoms with E-state index in [9.17, 15) is 0 Å². The maximum atomic E-state index is 5.49. The van der Waals surface area contributed by atoms with E-state index in [1.54, 1.807) is 7.11 Å². The lowest BCUT2D eigenvalue weighted by Crippen LogP contribution is -2.32. The average molecular weight is 311 g/mol. The Morgan fingerprint density at radius 3 is 2.91 bits per heavy atom. The number of rotatable bonds is 3. The van der Waals surface area contributed by atoms with Crippen LogP contribution in [0, 0.1) is 6.92 Å². The number of fused-ring (bicyclic) bond motifs is 2. The summed E-state index contributed by atoms with van der Waals surface area (Å²) in [7, 11) is 1.73. The SMILES string of the molecule is COc1cc(C)c2c(c1)CCNC2Cc1ccc2c(c1)OCO2. The van der Waals surface area contributed by atoms with Crippen molar-refractivity contribution in [1.29, 1.82) is 0 Å². The van der Waals surface area contributed by atoms with Crippen molar-refractivity contribution < 1.29 is 14.2 Å². The van der Waals surface area contributed by atoms with E-state index >= 15 is 0 Å². The third kappa shape index (κ3) is 2.63. The second kappa shape index (κ2) is 5.78. The zero-order valence-electron chi connectivity index (χ0n) is 13.5. The van der Waals surface area contributed by atoms with Crippen LogP contribution in [0.2, 0.25) is 0 Å². The minimum atomic E-state index is 0.322. The monoisotopic (exact) mass is 311 g/mol. The molecule has 0 aliphatic carbocycles. The Morgan fingerprint density at radius 2 is 2.04 bits per heavy atom. The largest absolute Gasteiger partial charge is 0.497 e. The van der Waals surface area contributed by atoms with E-state index in [4.69, 9.17) is 14.2 Å². The molecule has 0 aromatic heterocycles. The summed E-state index contributed by atoms with van der Waals surface area (Å²) in [5.74, 6) is 2.64. The van der Waals surface area contributed by atoms with Crippen LogP contribution in [0.4, 0.5) is 0 Å². The molecule has 1 atom stereocenters. The molecular weight excluding hydrogens is 290 g/mol. The summed E-state index contributed by atoms with van der Waals surface area (Å²) in [5.41, 5.74) is 5.35. The number of ether oxygens (including phenoxy) is 3. The van der Waals surface area contributed by atoms with Crippen LogP contribution >= 0.6 is 0 Å². The third-order valence-corrected chi connectivity index (χ3v) is 4.69. The summed E-state index contributed by atoms with van der Waals surface area (Å²) >= 11 is 0. The topological polar surface area (TPSA) is 39.7 Å². The van der Waals surface area contributed by atoms with E-state index < -0.39 is 0 Å². The van der Waals surface area contributed by atoms with Crippen LogP contribution in [-0.2, 0) is 12.8 Å². The molecule has 120 valence electrons. The van der Waals surface area contributed by atoms with Gasteiger partial charge in [0.15, 0.2) is 11.5 Å². The molecule has 1 N–H and O–H groups in total. The molecule has 0 saturated heterocycles. The van der Waals surface area contributed by atoms with Gasteiger partial charge in [-0.05, 0) is 72.8 Å². The normalized spacial score (nSPS) is 18.6. The second-order valence-corrected chi connectivity index (χ2v) is 6.17. The number of benzene rings is 2. The lowest BCUT2D eigenvalue weighted by Gasteiger charge is -2.29. The smallest absolute Gasteiger partial charge is 0.231 e. The highest BCUT2D eigenvalue weighted by Gasteiger charge is 2.23. The standard InChI is InChI=1S/C19H21NO3/c1-12-7-15(21-2)10-14-5-6-20-16(19(12)14)8-13-3-4-17-18(9-13)23-11-22-17/h3-4,7,9-10,16,20H,5-6,8,11H2,1-2H3. The minimum Gasteiger partial charge on any atom is -0.497 e. The van der Waals surface area contributed by atoms with Crippen LogP contribution in [0.25, 0.3) is 0 Å². The number of aryl methyl sites for hydroxylation is 1. The highest BCUT2D eigenvalue weighted by atomic mass is 16.7. The first-order valence-corrected chi connectivity index (χ1v) is 8.04. The van der Waals surface area contributed by atoms with Gasteiger partial charge in [-0.3, -0.25) is 0 Å². The van der Waals surface area contributed by atoms with Crippen molar-refractivity contribution in [3.63, 3.8) is 0 Å². The van der Waals surface area contributed by atoms with Crippen molar-refractivity contribution >= 4 is 0 Å². The first kappa shape index (κ1) is 14.4. The summed E-state index contributed by atoms with van der Waals surface area (Å²) in [6.45, 7) is 3.48. The maximum Gasteiger partial charge on any atom is 0.231 e. The molecule has 2 aromatic rings. The van der Waals surface area contributed by atoms with E-state index in [0.29, 0.717) is 12.8 Å². The number of nitrogens with one attached hydrogen (secondary N) is 1. The Morgan fingerprint density at radius 1 is 1.17 bits per heavy atom. The molecule has 2 heterocycles. The highest BCUT2D eigenvalue weighted by Crippen LogP contribution is 2.36. The Kier molecular flexibility index (Phi) is 3.62. The Balaban J connectivity index is 1.64. The molecule has 2 aromatic carbocycles. The van der Waals surface area contributed by atoms with E-state index in [1.165, 1.54) is 22.3 Å². The van der Waals surface area contributed by atoms with Crippen molar-refractivity contribution in [2.45, 2.75) is 25.8 Å². The van der Waals surface area contributed by atoms with Crippen molar-refractivity contribution in [3.05, 3.63) is 52.6 Å². The lowest BCUT2D eigenvalue weighted by atomic mass is 9.87. The zero-order valence-corrected chi connectivity index (χ0v) is 13.5. The molecule has 0 amide bonds. The fourth-order valence-corrected chi connectivity index (χ4v) is 3.62. The average Bonchev–Trinajstić information content (AvgIpc) is 3.02. The zero-order chi connectivity index (χ0) is 15.8. The van der Waals surface area contributed by atoms with Crippen molar-refractivity contribution in [2.24, 2.45) is 0 Å². The Hall–Kier alpha value is -2.20. The van der Waals surface area contributed by atoms with Crippen LogP contribution in [0.3, 0.4) is 0 Å². The molecule has 23 heavy (non-hydrogen) atoms. The van der Waals surface area contributed by atoms with Crippen molar-refractivity contribution in [1.82, 2.24) is 5.32 Å². The van der Waals surface area contributed by atoms with Gasteiger partial charge >= 0.3 is 0 Å². The summed E-state index contributed by atoms with van der Waals surface area (Å²) in [4.78, 5) is 0. The van der Waals surface area contributed by atoms with Crippen LogP contribution in [0.5, 0.6) is 17.2 Å². The summed E-state index contributed by atoms with van der Waals surface area (Å²) in [5, 5.41) is 3.66. The van der Waals surface area contributed by atoms with Gasteiger partial charge in [0.1, 0.15) is 5.75 Å². The maximum absolute atomic E-state index is 5.49. The van der Waals surface area contributed by atoms with Crippen LogP contribution < -0.4 is 19.5 Å². The third-order valence-electron chi connectivity index (χ3n) is 4.69. The first-order chi connectivity index (χ1) is 11.2. The number of methoxy groups -OCH3 is 1. The van der Waals surface area contributed by atoms with E-state index in [1.807, 2.05) is 6.07 Å². The quantitative estimate of drug-likeness (QED) is 0.945. The second-order valence-electron chi connectivity index (χ2n) is 6.17. The molecule has 0 spiro atoms. The predicted octanol–water partition coefficient (Wildman–Crippen LogP) is 3.16. The molecule has 4 heteroatoms. The molecule has 0 radical (unpaired) electrons. The molecule has 2 aliphatic heterocycles. The minimum absolute atomic E-state index is 0.322. The van der Waals surface area contributed by atoms with E-state index in [-0.39, 0.29) is 0 Å². The fourth-order valence-electron chi connectivity index (χ4n) is 3.62. The summed E-state index contributed by atoms with van der Waals surface area (Å²) in [6, 6.07) is 10.8. The number of hydrogen-bond donors (Lipinski definition) is 1. The van der Waals surface area contributed by atoms with Gasteiger partial charge in [0, 0.05) is 6.04 Å². The molecule has 4 nitrogen and oxygen atoms in total. The van der Waals surface area contributed by atoms with Gasteiger partial charge in [-0.2, -0.15) is 0 Å². The fraction of sp³-hybridized carbons (Fsp3) is 0.368. The van der Waals surface area contributed by atoms with Crippen LogP contribution in [-0.4, -0.2) is 20.4 Å². The van der Waals surface area contributed by atoms with Gasteiger partial charge in [0.25, 0.3) is 0 Å². The first-order valence-electron chi connectivity index (χ1n) is 8.04.